The Balaban J connectivity index is 1.55. The number of nitrogens with zero attached hydrogens (tertiary/aromatic N) is 1. The average Bonchev–Trinajstić information content (AvgIpc) is 3.00. The van der Waals surface area contributed by atoms with Gasteiger partial charge in [0, 0.05) is 19.6 Å². The number of fused-ring (bicyclic) bond motifs is 1. The molecule has 1 aromatic carbocycles. The Hall–Kier alpha value is -1.55. The monoisotopic (exact) mass is 316 g/mol. The first kappa shape index (κ1) is 16.3. The molecule has 1 saturated carbocycles. The van der Waals surface area contributed by atoms with Crippen LogP contribution in [0.15, 0.2) is 24.3 Å². The maximum atomic E-state index is 12.7. The van der Waals surface area contributed by atoms with Gasteiger partial charge in [0.25, 0.3) is 0 Å². The van der Waals surface area contributed by atoms with Crippen molar-refractivity contribution in [3.05, 3.63) is 29.8 Å². The second kappa shape index (κ2) is 7.35. The highest BCUT2D eigenvalue weighted by molar-refractivity contribution is 5.82. The van der Waals surface area contributed by atoms with Crippen LogP contribution in [0.2, 0.25) is 0 Å². The number of nitrogens with one attached hydrogen (secondary N) is 1. The van der Waals surface area contributed by atoms with Crippen LogP contribution in [0.4, 0.5) is 0 Å². The van der Waals surface area contributed by atoms with Crippen LogP contribution in [0.5, 0.6) is 5.75 Å². The fourth-order valence-corrected chi connectivity index (χ4v) is 3.99. The molecule has 1 aromatic rings. The average molecular weight is 316 g/mol. The maximum absolute atomic E-state index is 12.7. The number of likely N-dealkylation sites (N-methyl/N-ethyl adjacent to an activating group) is 1. The summed E-state index contributed by atoms with van der Waals surface area (Å²) in [7, 11) is 1.91. The molecule has 2 aliphatic rings. The van der Waals surface area contributed by atoms with Gasteiger partial charge in [-0.3, -0.25) is 4.79 Å². The Kier molecular flexibility index (Phi) is 5.21. The third-order valence-corrected chi connectivity index (χ3v) is 5.19. The minimum Gasteiger partial charge on any atom is -0.494 e. The summed E-state index contributed by atoms with van der Waals surface area (Å²) in [6.07, 6.45) is 6.15. The molecule has 0 bridgehead atoms. The van der Waals surface area contributed by atoms with Crippen molar-refractivity contribution in [1.82, 2.24) is 10.2 Å². The minimum atomic E-state index is 0.01000. The lowest BCUT2D eigenvalue weighted by Gasteiger charge is -2.24. The van der Waals surface area contributed by atoms with Crippen molar-refractivity contribution in [2.75, 3.05) is 13.7 Å². The number of carbonyl (C=O) groups is 1. The highest BCUT2D eigenvalue weighted by Crippen LogP contribution is 2.33. The zero-order valence-corrected chi connectivity index (χ0v) is 14.3. The van der Waals surface area contributed by atoms with Crippen molar-refractivity contribution in [2.24, 2.45) is 5.92 Å². The van der Waals surface area contributed by atoms with Crippen molar-refractivity contribution in [3.8, 4) is 5.75 Å². The summed E-state index contributed by atoms with van der Waals surface area (Å²) in [6, 6.07) is 8.60. The SMILES string of the molecule is CCOc1ccc(CN(C)C(=O)C2CC3CCCCC3N2)cc1. The third-order valence-electron chi connectivity index (χ3n) is 5.19. The largest absolute Gasteiger partial charge is 0.494 e. The smallest absolute Gasteiger partial charge is 0.239 e. The molecule has 1 saturated heterocycles. The van der Waals surface area contributed by atoms with Crippen molar-refractivity contribution in [3.63, 3.8) is 0 Å². The topological polar surface area (TPSA) is 41.6 Å². The Morgan fingerprint density at radius 1 is 1.26 bits per heavy atom. The Labute approximate surface area is 139 Å². The Morgan fingerprint density at radius 2 is 2.00 bits per heavy atom. The summed E-state index contributed by atoms with van der Waals surface area (Å²) in [5.74, 6) is 1.82. The van der Waals surface area contributed by atoms with E-state index >= 15 is 0 Å². The van der Waals surface area contributed by atoms with Gasteiger partial charge in [-0.25, -0.2) is 0 Å². The number of ether oxygens (including phenoxy) is 1. The molecule has 3 rings (SSSR count). The minimum absolute atomic E-state index is 0.01000. The first-order chi connectivity index (χ1) is 11.2. The van der Waals surface area contributed by atoms with Gasteiger partial charge in [-0.15, -0.1) is 0 Å². The molecule has 2 fully saturated rings. The predicted molar refractivity (Wildman–Crippen MR) is 91.4 cm³/mol. The zero-order valence-electron chi connectivity index (χ0n) is 14.3. The molecule has 1 heterocycles. The van der Waals surface area contributed by atoms with Crippen LogP contribution in [0.25, 0.3) is 0 Å². The Morgan fingerprint density at radius 3 is 2.70 bits per heavy atom. The Bertz CT molecular complexity index is 515. The van der Waals surface area contributed by atoms with E-state index in [0.717, 1.165) is 17.7 Å². The molecule has 1 N–H and O–H groups in total. The fraction of sp³-hybridized carbons (Fsp3) is 0.632. The lowest BCUT2D eigenvalue weighted by Crippen LogP contribution is -2.43. The van der Waals surface area contributed by atoms with Crippen LogP contribution in [-0.2, 0) is 11.3 Å². The highest BCUT2D eigenvalue weighted by atomic mass is 16.5. The molecule has 3 unspecified atom stereocenters. The number of hydrogen-bond donors (Lipinski definition) is 1. The van der Waals surface area contributed by atoms with Crippen LogP contribution >= 0.6 is 0 Å². The normalized spacial score (nSPS) is 26.6. The van der Waals surface area contributed by atoms with Gasteiger partial charge in [0.2, 0.25) is 5.91 Å². The van der Waals surface area contributed by atoms with E-state index in [1.54, 1.807) is 0 Å². The molecule has 126 valence electrons. The molecule has 3 atom stereocenters. The van der Waals surface area contributed by atoms with Crippen molar-refractivity contribution in [1.29, 1.82) is 0 Å². The molecule has 0 aromatic heterocycles. The van der Waals surface area contributed by atoms with Crippen LogP contribution in [-0.4, -0.2) is 36.5 Å². The van der Waals surface area contributed by atoms with Crippen molar-refractivity contribution >= 4 is 5.91 Å². The van der Waals surface area contributed by atoms with Crippen LogP contribution in [0.3, 0.4) is 0 Å². The molecule has 23 heavy (non-hydrogen) atoms. The first-order valence-electron chi connectivity index (χ1n) is 8.90. The standard InChI is InChI=1S/C19H28N2O2/c1-3-23-16-10-8-14(9-11-16)13-21(2)19(22)18-12-15-6-4-5-7-17(15)20-18/h8-11,15,17-18,20H,3-7,12-13H2,1-2H3. The second-order valence-corrected chi connectivity index (χ2v) is 6.88. The summed E-state index contributed by atoms with van der Waals surface area (Å²) in [4.78, 5) is 14.6. The lowest BCUT2D eigenvalue weighted by molar-refractivity contribution is -0.132. The van der Waals surface area contributed by atoms with Crippen LogP contribution in [0, 0.1) is 5.92 Å². The van der Waals surface area contributed by atoms with Gasteiger partial charge >= 0.3 is 0 Å². The number of rotatable bonds is 5. The van der Waals surface area contributed by atoms with E-state index in [-0.39, 0.29) is 11.9 Å². The van der Waals surface area contributed by atoms with E-state index in [9.17, 15) is 4.79 Å². The number of benzene rings is 1. The lowest BCUT2D eigenvalue weighted by atomic mass is 9.85. The van der Waals surface area contributed by atoms with E-state index < -0.39 is 0 Å². The summed E-state index contributed by atoms with van der Waals surface area (Å²) >= 11 is 0. The van der Waals surface area contributed by atoms with E-state index in [4.69, 9.17) is 4.74 Å². The molecule has 4 nitrogen and oxygen atoms in total. The van der Waals surface area contributed by atoms with Gasteiger partial charge in [-0.2, -0.15) is 0 Å². The van der Waals surface area contributed by atoms with Crippen molar-refractivity contribution < 1.29 is 9.53 Å². The van der Waals surface area contributed by atoms with Crippen LogP contribution in [0.1, 0.15) is 44.6 Å². The molecule has 1 aliphatic carbocycles. The van der Waals surface area contributed by atoms with E-state index in [2.05, 4.69) is 5.32 Å². The first-order valence-corrected chi connectivity index (χ1v) is 8.90. The maximum Gasteiger partial charge on any atom is 0.239 e. The van der Waals surface area contributed by atoms with Crippen LogP contribution < -0.4 is 10.1 Å². The number of carbonyl (C=O) groups excluding carboxylic acids is 1. The third kappa shape index (κ3) is 3.86. The highest BCUT2D eigenvalue weighted by Gasteiger charge is 2.39. The van der Waals surface area contributed by atoms with E-state index in [1.807, 2.05) is 43.1 Å². The van der Waals surface area contributed by atoms with Crippen molar-refractivity contribution in [2.45, 2.75) is 57.7 Å². The van der Waals surface area contributed by atoms with E-state index in [1.165, 1.54) is 25.7 Å². The molecular weight excluding hydrogens is 288 g/mol. The van der Waals surface area contributed by atoms with Gasteiger partial charge in [0.1, 0.15) is 5.75 Å². The van der Waals surface area contributed by atoms with E-state index in [0.29, 0.717) is 25.1 Å². The zero-order chi connectivity index (χ0) is 16.2. The van der Waals surface area contributed by atoms with Gasteiger partial charge in [-0.05, 0) is 49.8 Å². The molecule has 1 amide bonds. The molecule has 1 aliphatic heterocycles. The predicted octanol–water partition coefficient (Wildman–Crippen LogP) is 2.96. The van der Waals surface area contributed by atoms with Gasteiger partial charge in [-0.1, -0.05) is 25.0 Å². The second-order valence-electron chi connectivity index (χ2n) is 6.88. The summed E-state index contributed by atoms with van der Waals surface area (Å²) in [5.41, 5.74) is 1.14. The molecular formula is C19H28N2O2. The molecule has 0 radical (unpaired) electrons. The summed E-state index contributed by atoms with van der Waals surface area (Å²) in [5, 5.41) is 3.57. The number of amides is 1. The molecule has 4 heteroatoms. The van der Waals surface area contributed by atoms with Gasteiger partial charge in [0.15, 0.2) is 0 Å². The van der Waals surface area contributed by atoms with Gasteiger partial charge in [0.05, 0.1) is 12.6 Å². The van der Waals surface area contributed by atoms with Gasteiger partial charge < -0.3 is 15.0 Å². The number of hydrogen-bond acceptors (Lipinski definition) is 3. The molecule has 0 spiro atoms. The summed E-state index contributed by atoms with van der Waals surface area (Å²) < 4.78 is 5.46. The quantitative estimate of drug-likeness (QED) is 0.908. The summed E-state index contributed by atoms with van der Waals surface area (Å²) in [6.45, 7) is 3.30. The fourth-order valence-electron chi connectivity index (χ4n) is 3.99.